The molecule has 2 aromatic carbocycles. The van der Waals surface area contributed by atoms with Gasteiger partial charge < -0.3 is 27.0 Å². The van der Waals surface area contributed by atoms with E-state index < -0.39 is 53.3 Å². The van der Waals surface area contributed by atoms with E-state index >= 15 is 0 Å². The van der Waals surface area contributed by atoms with Gasteiger partial charge in [0.05, 0.1) is 23.1 Å². The molecule has 44 heavy (non-hydrogen) atoms. The second-order valence-corrected chi connectivity index (χ2v) is 10.5. The molecule has 242 valence electrons. The smallest absolute Gasteiger partial charge is 0.343 e. The SMILES string of the molecule is CCN1CC(C(=O)N(CCN)CCN)CC1C(=O)NC(Cc1ccc(C(F)(F)F)cc1)C(=O)Nc1cccc(C(F)(F)F)c1. The Kier molecular flexibility index (Phi) is 11.8. The van der Waals surface area contributed by atoms with Gasteiger partial charge >= 0.3 is 12.4 Å². The molecule has 3 rings (SSSR count). The van der Waals surface area contributed by atoms with Crippen molar-refractivity contribution in [1.82, 2.24) is 15.1 Å². The molecule has 0 bridgehead atoms. The van der Waals surface area contributed by atoms with E-state index in [1.54, 1.807) is 11.8 Å². The summed E-state index contributed by atoms with van der Waals surface area (Å²) in [6, 6.07) is 5.71. The lowest BCUT2D eigenvalue weighted by Gasteiger charge is -2.25. The van der Waals surface area contributed by atoms with Crippen LogP contribution in [0, 0.1) is 5.92 Å². The summed E-state index contributed by atoms with van der Waals surface area (Å²) in [4.78, 5) is 43.3. The van der Waals surface area contributed by atoms with Gasteiger partial charge in [0.15, 0.2) is 0 Å². The first kappa shape index (κ1) is 34.8. The molecule has 0 saturated carbocycles. The molecule has 0 aliphatic carbocycles. The van der Waals surface area contributed by atoms with Crippen LogP contribution in [0.25, 0.3) is 0 Å². The lowest BCUT2D eigenvalue weighted by atomic mass is 10.0. The van der Waals surface area contributed by atoms with E-state index in [0.29, 0.717) is 19.6 Å². The highest BCUT2D eigenvalue weighted by Gasteiger charge is 2.41. The highest BCUT2D eigenvalue weighted by Crippen LogP contribution is 2.31. The molecule has 15 heteroatoms. The Balaban J connectivity index is 1.83. The average Bonchev–Trinajstić information content (AvgIpc) is 3.40. The van der Waals surface area contributed by atoms with E-state index in [-0.39, 0.29) is 49.6 Å². The molecule has 9 nitrogen and oxygen atoms in total. The Hall–Kier alpha value is -3.69. The predicted molar refractivity (Wildman–Crippen MR) is 151 cm³/mol. The first-order chi connectivity index (χ1) is 20.7. The Morgan fingerprint density at radius 2 is 1.57 bits per heavy atom. The number of nitrogens with one attached hydrogen (secondary N) is 2. The van der Waals surface area contributed by atoms with Crippen molar-refractivity contribution < 1.29 is 40.7 Å². The zero-order chi connectivity index (χ0) is 32.7. The molecule has 2 aromatic rings. The molecule has 0 aromatic heterocycles. The van der Waals surface area contributed by atoms with Gasteiger partial charge in [0, 0.05) is 44.8 Å². The number of hydrogen-bond donors (Lipinski definition) is 4. The molecule has 1 saturated heterocycles. The quantitative estimate of drug-likeness (QED) is 0.267. The standard InChI is InChI=1S/C29H36F6N6O3/c1-2-40-17-19(27(44)41(12-10-36)13-11-37)15-24(40)26(43)39-23(14-18-6-8-20(9-7-18)28(30,31)32)25(42)38-22-5-3-4-21(16-22)29(33,34)35/h3-9,16,19,23-24H,2,10-15,17,36-37H2,1H3,(H,38,42)(H,39,43). The fourth-order valence-corrected chi connectivity index (χ4v) is 5.15. The molecule has 0 radical (unpaired) electrons. The fourth-order valence-electron chi connectivity index (χ4n) is 5.15. The number of halogens is 6. The van der Waals surface area contributed by atoms with E-state index in [0.717, 1.165) is 42.5 Å². The van der Waals surface area contributed by atoms with Crippen LogP contribution in [-0.4, -0.2) is 78.9 Å². The largest absolute Gasteiger partial charge is 0.416 e. The topological polar surface area (TPSA) is 134 Å². The zero-order valence-electron chi connectivity index (χ0n) is 24.0. The van der Waals surface area contributed by atoms with Crippen molar-refractivity contribution in [3.05, 3.63) is 65.2 Å². The van der Waals surface area contributed by atoms with E-state index in [9.17, 15) is 40.7 Å². The van der Waals surface area contributed by atoms with Crippen molar-refractivity contribution in [1.29, 1.82) is 0 Å². The number of carbonyl (C=O) groups is 3. The molecule has 1 aliphatic rings. The number of nitrogens with zero attached hydrogens (tertiary/aromatic N) is 2. The Labute approximate surface area is 250 Å². The molecule has 1 aliphatic heterocycles. The summed E-state index contributed by atoms with van der Waals surface area (Å²) >= 11 is 0. The van der Waals surface area contributed by atoms with Gasteiger partial charge in [-0.05, 0) is 48.9 Å². The maximum atomic E-state index is 13.5. The molecule has 1 fully saturated rings. The van der Waals surface area contributed by atoms with Gasteiger partial charge in [0.2, 0.25) is 17.7 Å². The summed E-state index contributed by atoms with van der Waals surface area (Å²) in [5, 5.41) is 4.99. The monoisotopic (exact) mass is 630 g/mol. The summed E-state index contributed by atoms with van der Waals surface area (Å²) < 4.78 is 78.8. The fraction of sp³-hybridized carbons (Fsp3) is 0.483. The van der Waals surface area contributed by atoms with Crippen molar-refractivity contribution in [2.75, 3.05) is 44.6 Å². The van der Waals surface area contributed by atoms with Crippen molar-refractivity contribution in [3.63, 3.8) is 0 Å². The van der Waals surface area contributed by atoms with Crippen LogP contribution in [0.4, 0.5) is 32.0 Å². The van der Waals surface area contributed by atoms with E-state index in [1.165, 1.54) is 11.0 Å². The van der Waals surface area contributed by atoms with Gasteiger partial charge in [-0.1, -0.05) is 25.1 Å². The Morgan fingerprint density at radius 1 is 0.955 bits per heavy atom. The van der Waals surface area contributed by atoms with Crippen LogP contribution in [0.1, 0.15) is 30.0 Å². The van der Waals surface area contributed by atoms with E-state index in [4.69, 9.17) is 11.5 Å². The van der Waals surface area contributed by atoms with Crippen LogP contribution in [0.2, 0.25) is 0 Å². The first-order valence-corrected chi connectivity index (χ1v) is 14.1. The summed E-state index contributed by atoms with van der Waals surface area (Å²) in [5.41, 5.74) is 9.43. The summed E-state index contributed by atoms with van der Waals surface area (Å²) in [5.74, 6) is -2.24. The number of amides is 3. The third-order valence-electron chi connectivity index (χ3n) is 7.38. The number of rotatable bonds is 12. The van der Waals surface area contributed by atoms with E-state index in [1.807, 2.05) is 0 Å². The number of anilines is 1. The minimum absolute atomic E-state index is 0.131. The molecular weight excluding hydrogens is 594 g/mol. The second-order valence-electron chi connectivity index (χ2n) is 10.5. The van der Waals surface area contributed by atoms with Gasteiger partial charge in [-0.15, -0.1) is 0 Å². The normalized spacial score (nSPS) is 18.1. The van der Waals surface area contributed by atoms with Crippen LogP contribution in [0.15, 0.2) is 48.5 Å². The van der Waals surface area contributed by atoms with Crippen molar-refractivity contribution >= 4 is 23.4 Å². The van der Waals surface area contributed by atoms with Crippen LogP contribution >= 0.6 is 0 Å². The molecule has 0 spiro atoms. The first-order valence-electron chi connectivity index (χ1n) is 14.1. The van der Waals surface area contributed by atoms with Gasteiger partial charge in [0.25, 0.3) is 0 Å². The number of benzene rings is 2. The summed E-state index contributed by atoms with van der Waals surface area (Å²) in [6.45, 7) is 3.50. The van der Waals surface area contributed by atoms with Gasteiger partial charge in [-0.3, -0.25) is 19.3 Å². The highest BCUT2D eigenvalue weighted by atomic mass is 19.4. The summed E-state index contributed by atoms with van der Waals surface area (Å²) in [7, 11) is 0. The minimum atomic E-state index is -4.67. The predicted octanol–water partition coefficient (Wildman–Crippen LogP) is 2.85. The maximum absolute atomic E-state index is 13.5. The Morgan fingerprint density at radius 3 is 2.11 bits per heavy atom. The molecule has 3 unspecified atom stereocenters. The van der Waals surface area contributed by atoms with Gasteiger partial charge in [-0.2, -0.15) is 26.3 Å². The molecule has 3 amide bonds. The Bertz CT molecular complexity index is 1280. The van der Waals surface area contributed by atoms with Crippen LogP contribution in [-0.2, 0) is 33.2 Å². The molecule has 1 heterocycles. The van der Waals surface area contributed by atoms with Crippen LogP contribution in [0.3, 0.4) is 0 Å². The maximum Gasteiger partial charge on any atom is 0.416 e. The van der Waals surface area contributed by atoms with Crippen LogP contribution in [0.5, 0.6) is 0 Å². The number of likely N-dealkylation sites (N-methyl/N-ethyl adjacent to an activating group) is 1. The number of carbonyl (C=O) groups excluding carboxylic acids is 3. The number of likely N-dealkylation sites (tertiary alicyclic amines) is 1. The lowest BCUT2D eigenvalue weighted by Crippen LogP contribution is -2.51. The van der Waals surface area contributed by atoms with Crippen LogP contribution < -0.4 is 22.1 Å². The van der Waals surface area contributed by atoms with E-state index in [2.05, 4.69) is 10.6 Å². The molecule has 6 N–H and O–H groups in total. The van der Waals surface area contributed by atoms with Crippen molar-refractivity contribution in [3.8, 4) is 0 Å². The average molecular weight is 631 g/mol. The zero-order valence-corrected chi connectivity index (χ0v) is 24.0. The van der Waals surface area contributed by atoms with Gasteiger partial charge in [-0.25, -0.2) is 0 Å². The number of nitrogens with two attached hydrogens (primary N) is 2. The second kappa shape index (κ2) is 14.9. The third kappa shape index (κ3) is 9.16. The molecule has 3 atom stereocenters. The number of hydrogen-bond acceptors (Lipinski definition) is 6. The minimum Gasteiger partial charge on any atom is -0.343 e. The number of alkyl halides is 6. The third-order valence-corrected chi connectivity index (χ3v) is 7.38. The van der Waals surface area contributed by atoms with Crippen molar-refractivity contribution in [2.24, 2.45) is 17.4 Å². The van der Waals surface area contributed by atoms with Gasteiger partial charge in [0.1, 0.15) is 6.04 Å². The highest BCUT2D eigenvalue weighted by molar-refractivity contribution is 5.98. The lowest BCUT2D eigenvalue weighted by molar-refractivity contribution is -0.138. The molecular formula is C29H36F6N6O3. The van der Waals surface area contributed by atoms with Crippen molar-refractivity contribution in [2.45, 2.75) is 44.2 Å². The summed E-state index contributed by atoms with van der Waals surface area (Å²) in [6.07, 6.45) is -9.38.